The van der Waals surface area contributed by atoms with Crippen molar-refractivity contribution in [1.29, 1.82) is 0 Å². The molecule has 1 unspecified atom stereocenters. The molecule has 3 nitrogen and oxygen atoms in total. The van der Waals surface area contributed by atoms with Gasteiger partial charge in [0, 0.05) is 17.0 Å². The minimum absolute atomic E-state index is 0.421. The number of aromatic nitrogens is 2. The molecule has 0 spiro atoms. The molecule has 3 heterocycles. The molecule has 4 heteroatoms. The molecule has 0 amide bonds. The van der Waals surface area contributed by atoms with Crippen molar-refractivity contribution >= 4 is 17.2 Å². The van der Waals surface area contributed by atoms with Crippen molar-refractivity contribution in [2.24, 2.45) is 0 Å². The van der Waals surface area contributed by atoms with E-state index in [-0.39, 0.29) is 0 Å². The zero-order valence-electron chi connectivity index (χ0n) is 9.53. The average Bonchev–Trinajstić information content (AvgIpc) is 2.86. The largest absolute Gasteiger partial charge is 0.370 e. The molecule has 0 saturated heterocycles. The van der Waals surface area contributed by atoms with Crippen LogP contribution in [0.5, 0.6) is 0 Å². The summed E-state index contributed by atoms with van der Waals surface area (Å²) in [5, 5.41) is 10.1. The highest BCUT2D eigenvalue weighted by Crippen LogP contribution is 2.35. The quantitative estimate of drug-likeness (QED) is 0.820. The Balaban J connectivity index is 2.08. The van der Waals surface area contributed by atoms with Gasteiger partial charge in [0.1, 0.15) is 5.82 Å². The van der Waals surface area contributed by atoms with Crippen LogP contribution in [0.4, 0.5) is 5.82 Å². The molecule has 1 aliphatic rings. The standard InChI is InChI=1S/C12H15N3S/c1-8-4-6-16-11(8)10-3-5-13-12-9(2)7-14-15(10)12/h4,6-7,10,13H,3,5H2,1-2H3. The molecule has 0 fully saturated rings. The van der Waals surface area contributed by atoms with Crippen LogP contribution in [0, 0.1) is 13.8 Å². The summed E-state index contributed by atoms with van der Waals surface area (Å²) in [6.07, 6.45) is 3.07. The number of aryl methyl sites for hydroxylation is 2. The summed E-state index contributed by atoms with van der Waals surface area (Å²) in [6, 6.07) is 2.61. The summed E-state index contributed by atoms with van der Waals surface area (Å²) in [7, 11) is 0. The van der Waals surface area contributed by atoms with Crippen molar-refractivity contribution in [2.45, 2.75) is 26.3 Å². The lowest BCUT2D eigenvalue weighted by Gasteiger charge is -2.26. The van der Waals surface area contributed by atoms with Crippen LogP contribution in [-0.4, -0.2) is 16.3 Å². The van der Waals surface area contributed by atoms with Crippen LogP contribution in [0.25, 0.3) is 0 Å². The minimum Gasteiger partial charge on any atom is -0.370 e. The SMILES string of the molecule is Cc1ccsc1C1CCNc2c(C)cnn21. The van der Waals surface area contributed by atoms with Crippen molar-refractivity contribution in [3.05, 3.63) is 33.6 Å². The van der Waals surface area contributed by atoms with Gasteiger partial charge in [-0.05, 0) is 37.3 Å². The Kier molecular flexibility index (Phi) is 2.24. The zero-order chi connectivity index (χ0) is 11.1. The van der Waals surface area contributed by atoms with Crippen molar-refractivity contribution in [2.75, 3.05) is 11.9 Å². The number of nitrogens with zero attached hydrogens (tertiary/aromatic N) is 2. The van der Waals surface area contributed by atoms with E-state index in [9.17, 15) is 0 Å². The summed E-state index contributed by atoms with van der Waals surface area (Å²) in [5.74, 6) is 1.18. The minimum atomic E-state index is 0.421. The first-order valence-electron chi connectivity index (χ1n) is 5.59. The molecule has 0 radical (unpaired) electrons. The van der Waals surface area contributed by atoms with Gasteiger partial charge in [-0.1, -0.05) is 0 Å². The van der Waals surface area contributed by atoms with Gasteiger partial charge in [0.2, 0.25) is 0 Å². The van der Waals surface area contributed by atoms with Crippen molar-refractivity contribution in [1.82, 2.24) is 9.78 Å². The van der Waals surface area contributed by atoms with Crippen LogP contribution in [0.1, 0.15) is 28.5 Å². The number of hydrogen-bond acceptors (Lipinski definition) is 3. The van der Waals surface area contributed by atoms with Gasteiger partial charge in [-0.25, -0.2) is 4.68 Å². The lowest BCUT2D eigenvalue weighted by atomic mass is 10.1. The maximum absolute atomic E-state index is 4.50. The molecular weight excluding hydrogens is 218 g/mol. The van der Waals surface area contributed by atoms with Gasteiger partial charge in [-0.15, -0.1) is 11.3 Å². The van der Waals surface area contributed by atoms with Crippen LogP contribution in [0.2, 0.25) is 0 Å². The Morgan fingerprint density at radius 2 is 2.31 bits per heavy atom. The van der Waals surface area contributed by atoms with Crippen LogP contribution in [0.15, 0.2) is 17.6 Å². The monoisotopic (exact) mass is 233 g/mol. The topological polar surface area (TPSA) is 29.9 Å². The molecule has 0 aromatic carbocycles. The number of anilines is 1. The normalized spacial score (nSPS) is 19.2. The second-order valence-corrected chi connectivity index (χ2v) is 5.27. The first-order chi connectivity index (χ1) is 7.77. The van der Waals surface area contributed by atoms with Crippen molar-refractivity contribution < 1.29 is 0 Å². The first kappa shape index (κ1) is 9.90. The highest BCUT2D eigenvalue weighted by molar-refractivity contribution is 7.10. The predicted molar refractivity (Wildman–Crippen MR) is 67.3 cm³/mol. The lowest BCUT2D eigenvalue weighted by molar-refractivity contribution is 0.487. The van der Waals surface area contributed by atoms with E-state index in [1.54, 1.807) is 0 Å². The molecule has 0 saturated carbocycles. The summed E-state index contributed by atoms with van der Waals surface area (Å²) in [5.41, 5.74) is 2.62. The lowest BCUT2D eigenvalue weighted by Crippen LogP contribution is -2.24. The molecule has 16 heavy (non-hydrogen) atoms. The van der Waals surface area contributed by atoms with Gasteiger partial charge in [0.05, 0.1) is 12.2 Å². The molecule has 0 bridgehead atoms. The Hall–Kier alpha value is -1.29. The highest BCUT2D eigenvalue weighted by atomic mass is 32.1. The second-order valence-electron chi connectivity index (χ2n) is 4.32. The molecule has 84 valence electrons. The summed E-state index contributed by atoms with van der Waals surface area (Å²) in [6.45, 7) is 5.33. The predicted octanol–water partition coefficient (Wildman–Crippen LogP) is 2.97. The molecule has 1 N–H and O–H groups in total. The van der Waals surface area contributed by atoms with Gasteiger partial charge >= 0.3 is 0 Å². The third kappa shape index (κ3) is 1.37. The van der Waals surface area contributed by atoms with E-state index in [1.165, 1.54) is 21.8 Å². The number of fused-ring (bicyclic) bond motifs is 1. The zero-order valence-corrected chi connectivity index (χ0v) is 10.3. The van der Waals surface area contributed by atoms with E-state index < -0.39 is 0 Å². The van der Waals surface area contributed by atoms with Crippen LogP contribution < -0.4 is 5.32 Å². The van der Waals surface area contributed by atoms with E-state index in [0.717, 1.165) is 13.0 Å². The molecule has 3 rings (SSSR count). The van der Waals surface area contributed by atoms with Crippen molar-refractivity contribution in [3.63, 3.8) is 0 Å². The number of thiophene rings is 1. The number of hydrogen-bond donors (Lipinski definition) is 1. The Morgan fingerprint density at radius 3 is 3.06 bits per heavy atom. The highest BCUT2D eigenvalue weighted by Gasteiger charge is 2.24. The average molecular weight is 233 g/mol. The van der Waals surface area contributed by atoms with Gasteiger partial charge in [-0.2, -0.15) is 5.10 Å². The van der Waals surface area contributed by atoms with Crippen molar-refractivity contribution in [3.8, 4) is 0 Å². The van der Waals surface area contributed by atoms with Crippen LogP contribution in [-0.2, 0) is 0 Å². The fourth-order valence-corrected chi connectivity index (χ4v) is 3.37. The van der Waals surface area contributed by atoms with Gasteiger partial charge in [0.25, 0.3) is 0 Å². The maximum atomic E-state index is 4.50. The summed E-state index contributed by atoms with van der Waals surface area (Å²) in [4.78, 5) is 1.45. The van der Waals surface area contributed by atoms with E-state index in [1.807, 2.05) is 17.5 Å². The van der Waals surface area contributed by atoms with E-state index in [2.05, 4.69) is 40.4 Å². The van der Waals surface area contributed by atoms with Gasteiger partial charge in [0.15, 0.2) is 0 Å². The number of nitrogens with one attached hydrogen (secondary N) is 1. The van der Waals surface area contributed by atoms with Gasteiger partial charge in [-0.3, -0.25) is 0 Å². The summed E-state index contributed by atoms with van der Waals surface area (Å²) < 4.78 is 2.14. The Bertz CT molecular complexity index is 512. The maximum Gasteiger partial charge on any atom is 0.127 e. The third-order valence-electron chi connectivity index (χ3n) is 3.19. The molecule has 2 aromatic heterocycles. The number of rotatable bonds is 1. The van der Waals surface area contributed by atoms with E-state index >= 15 is 0 Å². The Labute approximate surface area is 99.1 Å². The van der Waals surface area contributed by atoms with Crippen LogP contribution in [0.3, 0.4) is 0 Å². The third-order valence-corrected chi connectivity index (χ3v) is 4.31. The second kappa shape index (κ2) is 3.63. The fraction of sp³-hybridized carbons (Fsp3) is 0.417. The van der Waals surface area contributed by atoms with E-state index in [4.69, 9.17) is 0 Å². The molecule has 0 aliphatic carbocycles. The van der Waals surface area contributed by atoms with E-state index in [0.29, 0.717) is 6.04 Å². The van der Waals surface area contributed by atoms with Crippen LogP contribution >= 0.6 is 11.3 Å². The molecular formula is C12H15N3S. The summed E-state index contributed by atoms with van der Waals surface area (Å²) >= 11 is 1.84. The first-order valence-corrected chi connectivity index (χ1v) is 6.47. The molecule has 1 atom stereocenters. The molecule has 2 aromatic rings. The van der Waals surface area contributed by atoms with Gasteiger partial charge < -0.3 is 5.32 Å². The molecule has 1 aliphatic heterocycles. The smallest absolute Gasteiger partial charge is 0.127 e. The fourth-order valence-electron chi connectivity index (χ4n) is 2.32. The Morgan fingerprint density at radius 1 is 1.44 bits per heavy atom.